The van der Waals surface area contributed by atoms with Gasteiger partial charge in [-0.15, -0.1) is 0 Å². The Hall–Kier alpha value is -2.40. The molecule has 0 aromatic heterocycles. The molecule has 0 spiro atoms. The summed E-state index contributed by atoms with van der Waals surface area (Å²) in [6, 6.07) is 6.98. The minimum Gasteiger partial charge on any atom is -0.545 e. The minimum atomic E-state index is -1.31. The number of carboxylic acids is 2. The second kappa shape index (κ2) is 22.2. The Morgan fingerprint density at radius 2 is 0.867 bits per heavy atom. The summed E-state index contributed by atoms with van der Waals surface area (Å²) in [4.78, 5) is 22.3. The van der Waals surface area contributed by atoms with E-state index in [9.17, 15) is 30.0 Å². The number of hydrogen-bond donors (Lipinski definition) is 2. The van der Waals surface area contributed by atoms with Gasteiger partial charge in [0, 0.05) is 11.1 Å². The Bertz CT molecular complexity index is 1080. The van der Waals surface area contributed by atoms with Crippen LogP contribution in [0.1, 0.15) is 174 Å². The van der Waals surface area contributed by atoms with Gasteiger partial charge in [-0.1, -0.05) is 119 Å². The van der Waals surface area contributed by atoms with E-state index >= 15 is 0 Å². The van der Waals surface area contributed by atoms with Gasteiger partial charge >= 0.3 is 19.5 Å². The number of carbonyl (C=O) groups excluding carboxylic acids is 2. The average molecular weight is 676 g/mol. The van der Waals surface area contributed by atoms with Gasteiger partial charge in [0.15, 0.2) is 0 Å². The van der Waals surface area contributed by atoms with Crippen LogP contribution < -0.4 is 10.2 Å². The van der Waals surface area contributed by atoms with E-state index in [2.05, 4.69) is 27.7 Å². The van der Waals surface area contributed by atoms with Gasteiger partial charge in [-0.2, -0.15) is 0 Å². The standard InChI is InChI=1S/2C19H30O3.Zn/c2*1-13(2)9-7-5-6-8-10-15-11-16(14(3)4)18(20)17(12-15)19(21)22;/h2*11-14,20H,5-10H2,1-4H3,(H,21,22);/q;;+2/p-2. The number of unbranched alkanes of at least 4 members (excludes halogenated alkanes) is 6. The van der Waals surface area contributed by atoms with Gasteiger partial charge < -0.3 is 30.0 Å². The number of aromatic carboxylic acids is 2. The van der Waals surface area contributed by atoms with Gasteiger partial charge in [0.2, 0.25) is 0 Å². The summed E-state index contributed by atoms with van der Waals surface area (Å²) in [7, 11) is 0. The molecule has 0 bridgehead atoms. The fourth-order valence-corrected chi connectivity index (χ4v) is 5.39. The summed E-state index contributed by atoms with van der Waals surface area (Å²) in [5.41, 5.74) is 3.17. The first-order valence-corrected chi connectivity index (χ1v) is 16.8. The van der Waals surface area contributed by atoms with E-state index in [4.69, 9.17) is 0 Å². The van der Waals surface area contributed by atoms with Crippen LogP contribution in [0.15, 0.2) is 24.3 Å². The number of hydrogen-bond acceptors (Lipinski definition) is 6. The zero-order valence-corrected chi connectivity index (χ0v) is 32.3. The summed E-state index contributed by atoms with van der Waals surface area (Å²) in [5.74, 6) is -1.21. The van der Waals surface area contributed by atoms with E-state index in [0.717, 1.165) is 61.5 Å². The van der Waals surface area contributed by atoms with E-state index in [1.54, 1.807) is 12.1 Å². The second-order valence-corrected chi connectivity index (χ2v) is 13.7. The molecule has 0 aliphatic carbocycles. The van der Waals surface area contributed by atoms with E-state index < -0.39 is 11.9 Å². The molecule has 2 rings (SSSR count). The number of aryl methyl sites for hydroxylation is 2. The molecule has 0 fully saturated rings. The predicted octanol–water partition coefficient (Wildman–Crippen LogP) is 8.05. The van der Waals surface area contributed by atoms with Gasteiger partial charge in [-0.3, -0.25) is 0 Å². The van der Waals surface area contributed by atoms with Crippen molar-refractivity contribution in [2.75, 3.05) is 0 Å². The molecule has 6 nitrogen and oxygen atoms in total. The molecule has 0 atom stereocenters. The molecule has 2 aromatic carbocycles. The quantitative estimate of drug-likeness (QED) is 0.122. The summed E-state index contributed by atoms with van der Waals surface area (Å²) in [5, 5.41) is 42.4. The van der Waals surface area contributed by atoms with Crippen LogP contribution in [-0.4, -0.2) is 22.2 Å². The molecule has 0 saturated heterocycles. The minimum absolute atomic E-state index is 0. The van der Waals surface area contributed by atoms with E-state index in [1.807, 2.05) is 39.8 Å². The van der Waals surface area contributed by atoms with Crippen LogP contribution in [0, 0.1) is 11.8 Å². The zero-order chi connectivity index (χ0) is 33.4. The number of benzene rings is 2. The van der Waals surface area contributed by atoms with Crippen LogP contribution >= 0.6 is 0 Å². The monoisotopic (exact) mass is 674 g/mol. The van der Waals surface area contributed by atoms with Crippen LogP contribution in [0.25, 0.3) is 0 Å². The normalized spacial score (nSPS) is 11.1. The Kier molecular flexibility index (Phi) is 21.0. The van der Waals surface area contributed by atoms with Gasteiger partial charge in [-0.25, -0.2) is 0 Å². The van der Waals surface area contributed by atoms with Crippen LogP contribution in [0.3, 0.4) is 0 Å². The van der Waals surface area contributed by atoms with E-state index in [0.29, 0.717) is 11.1 Å². The third kappa shape index (κ3) is 16.1. The second-order valence-electron chi connectivity index (χ2n) is 13.7. The van der Waals surface area contributed by atoms with Gasteiger partial charge in [0.25, 0.3) is 0 Å². The smallest absolute Gasteiger partial charge is 0.545 e. The summed E-state index contributed by atoms with van der Waals surface area (Å²) in [6.45, 7) is 16.8. The number of rotatable bonds is 18. The van der Waals surface area contributed by atoms with Crippen molar-refractivity contribution >= 4 is 11.9 Å². The zero-order valence-electron chi connectivity index (χ0n) is 29.3. The number of carbonyl (C=O) groups is 2. The average Bonchev–Trinajstić information content (AvgIpc) is 2.93. The Morgan fingerprint density at radius 1 is 0.556 bits per heavy atom. The molecule has 2 N–H and O–H groups in total. The van der Waals surface area contributed by atoms with Crippen LogP contribution in [0.4, 0.5) is 0 Å². The molecule has 45 heavy (non-hydrogen) atoms. The first-order chi connectivity index (χ1) is 20.6. The van der Waals surface area contributed by atoms with Crippen molar-refractivity contribution in [2.24, 2.45) is 11.8 Å². The molecule has 0 saturated carbocycles. The van der Waals surface area contributed by atoms with Crippen LogP contribution in [0.5, 0.6) is 11.5 Å². The van der Waals surface area contributed by atoms with Crippen molar-refractivity contribution < 1.29 is 49.5 Å². The van der Waals surface area contributed by atoms with Crippen molar-refractivity contribution in [1.82, 2.24) is 0 Å². The van der Waals surface area contributed by atoms with Gasteiger partial charge in [0.05, 0.1) is 11.9 Å². The third-order valence-corrected chi connectivity index (χ3v) is 8.08. The van der Waals surface area contributed by atoms with Crippen LogP contribution in [0.2, 0.25) is 0 Å². The number of phenols is 2. The maximum absolute atomic E-state index is 11.2. The van der Waals surface area contributed by atoms with Crippen molar-refractivity contribution in [1.29, 1.82) is 0 Å². The molecule has 0 aliphatic heterocycles. The third-order valence-electron chi connectivity index (χ3n) is 8.08. The van der Waals surface area contributed by atoms with Gasteiger partial charge in [0.1, 0.15) is 11.5 Å². The summed E-state index contributed by atoms with van der Waals surface area (Å²) < 4.78 is 0. The van der Waals surface area contributed by atoms with Crippen molar-refractivity contribution in [3.63, 3.8) is 0 Å². The summed E-state index contributed by atoms with van der Waals surface area (Å²) >= 11 is 0. The Labute approximate surface area is 285 Å². The maximum atomic E-state index is 11.2. The SMILES string of the molecule is CC(C)CCCCCCc1cc(C(=O)[O-])c(O)c(C(C)C)c1.CC(C)CCCCCCc1cc(C(=O)[O-])c(O)c(C(C)C)c1.[Zn+2]. The van der Waals surface area contributed by atoms with Gasteiger partial charge in [-0.05, 0) is 83.7 Å². The Morgan fingerprint density at radius 3 is 1.13 bits per heavy atom. The first-order valence-electron chi connectivity index (χ1n) is 16.8. The molecule has 0 amide bonds. The first kappa shape index (κ1) is 42.6. The fourth-order valence-electron chi connectivity index (χ4n) is 5.39. The van der Waals surface area contributed by atoms with Crippen molar-refractivity contribution in [2.45, 2.75) is 144 Å². The van der Waals surface area contributed by atoms with Crippen LogP contribution in [-0.2, 0) is 32.3 Å². The predicted molar refractivity (Wildman–Crippen MR) is 176 cm³/mol. The molecule has 2 aromatic rings. The molecule has 0 heterocycles. The number of aromatic hydroxyl groups is 2. The molecule has 0 unspecified atom stereocenters. The largest absolute Gasteiger partial charge is 2.00 e. The molecule has 0 aliphatic rings. The molecular weight excluding hydrogens is 618 g/mol. The van der Waals surface area contributed by atoms with Crippen molar-refractivity contribution in [3.8, 4) is 11.5 Å². The Balaban J connectivity index is 0.000000842. The molecule has 7 heteroatoms. The fraction of sp³-hybridized carbons (Fsp3) is 0.632. The van der Waals surface area contributed by atoms with Crippen molar-refractivity contribution in [3.05, 3.63) is 57.6 Å². The maximum Gasteiger partial charge on any atom is 2.00 e. The van der Waals surface area contributed by atoms with E-state index in [-0.39, 0.29) is 53.9 Å². The molecule has 0 radical (unpaired) electrons. The molecular formula is C38H58O6Zn. The summed E-state index contributed by atoms with van der Waals surface area (Å²) in [6.07, 6.45) is 13.6. The van der Waals surface area contributed by atoms with E-state index in [1.165, 1.54) is 38.5 Å². The number of carboxylic acid groups (broad SMARTS) is 2. The molecule has 248 valence electrons. The topological polar surface area (TPSA) is 121 Å².